The van der Waals surface area contributed by atoms with Crippen molar-refractivity contribution in [3.05, 3.63) is 145 Å². The summed E-state index contributed by atoms with van der Waals surface area (Å²) in [6, 6.07) is 28.3. The fourth-order valence-corrected chi connectivity index (χ4v) is 7.14. The van der Waals surface area contributed by atoms with Crippen LogP contribution in [0.5, 0.6) is 0 Å². The first-order valence-corrected chi connectivity index (χ1v) is 23.6. The summed E-state index contributed by atoms with van der Waals surface area (Å²) in [7, 11) is -1.80. The van der Waals surface area contributed by atoms with Crippen LogP contribution in [0.1, 0.15) is 101 Å². The van der Waals surface area contributed by atoms with E-state index in [1.165, 1.54) is 13.0 Å². The second kappa shape index (κ2) is 22.5. The molecule has 0 unspecified atom stereocenters. The first-order chi connectivity index (χ1) is 26.9. The predicted molar refractivity (Wildman–Crippen MR) is 245 cm³/mol. The van der Waals surface area contributed by atoms with Gasteiger partial charge in [0.25, 0.3) is 0 Å². The lowest BCUT2D eigenvalue weighted by Gasteiger charge is -2.46. The highest BCUT2D eigenvalue weighted by Gasteiger charge is 2.45. The van der Waals surface area contributed by atoms with Crippen molar-refractivity contribution in [2.75, 3.05) is 6.61 Å². The minimum atomic E-state index is -1.80. The van der Waals surface area contributed by atoms with E-state index in [0.717, 1.165) is 16.3 Å². The molecule has 4 aromatic rings. The van der Waals surface area contributed by atoms with Gasteiger partial charge in [-0.3, -0.25) is 9.59 Å². The fraction of sp³-hybridized carbons (Fsp3) is 0.391. The van der Waals surface area contributed by atoms with Crippen LogP contribution in [0.25, 0.3) is 5.76 Å². The lowest BCUT2D eigenvalue weighted by Crippen LogP contribution is -2.63. The van der Waals surface area contributed by atoms with E-state index in [4.69, 9.17) is 60.7 Å². The van der Waals surface area contributed by atoms with E-state index >= 15 is 0 Å². The van der Waals surface area contributed by atoms with Gasteiger partial charge in [0.15, 0.2) is 11.6 Å². The second-order valence-electron chi connectivity index (χ2n) is 16.1. The van der Waals surface area contributed by atoms with Gasteiger partial charge in [0.1, 0.15) is 11.9 Å². The molecule has 1 fully saturated rings. The molecule has 0 saturated carbocycles. The molecule has 316 valence electrons. The SMILES string of the molecule is C/C=C(\O[Si](C)(C)C(C)(C)C)c1cccc(Cl)c1.CCC(=O)c1cccc(Cl)c1.C[C@@H](O)C(=O)c1cccc(Cl)c1.C[C@@H]1NC(C)(C)CO[C@@]1(O)c1cccc(Cl)c1. The number of carbonyl (C=O) groups is 2. The second-order valence-corrected chi connectivity index (χ2v) is 22.6. The van der Waals surface area contributed by atoms with Crippen molar-refractivity contribution in [3.8, 4) is 0 Å². The van der Waals surface area contributed by atoms with E-state index in [9.17, 15) is 14.7 Å². The lowest BCUT2D eigenvalue weighted by atomic mass is 9.93. The Labute approximate surface area is 366 Å². The zero-order valence-electron chi connectivity index (χ0n) is 35.4. The number of ketones is 2. The Hall–Kier alpha value is -3.02. The van der Waals surface area contributed by atoms with Crippen molar-refractivity contribution >= 4 is 72.0 Å². The van der Waals surface area contributed by atoms with Gasteiger partial charge in [0.2, 0.25) is 14.1 Å². The molecular weight excluding hydrogens is 832 g/mol. The van der Waals surface area contributed by atoms with Gasteiger partial charge in [-0.2, -0.15) is 0 Å². The van der Waals surface area contributed by atoms with Gasteiger partial charge in [-0.05, 0) is 107 Å². The molecule has 3 atom stereocenters. The highest BCUT2D eigenvalue weighted by atomic mass is 35.5. The molecule has 4 aromatic carbocycles. The molecule has 0 amide bonds. The lowest BCUT2D eigenvalue weighted by molar-refractivity contribution is -0.263. The number of morpholine rings is 1. The molecule has 7 nitrogen and oxygen atoms in total. The summed E-state index contributed by atoms with van der Waals surface area (Å²) in [6.07, 6.45) is 1.58. The monoisotopic (exact) mass is 889 g/mol. The summed E-state index contributed by atoms with van der Waals surface area (Å²) in [6.45, 7) is 22.9. The Morgan fingerprint density at radius 3 is 1.74 bits per heavy atom. The van der Waals surface area contributed by atoms with E-state index < -0.39 is 20.2 Å². The van der Waals surface area contributed by atoms with Crippen LogP contribution in [0.4, 0.5) is 0 Å². The third-order valence-electron chi connectivity index (χ3n) is 9.58. The van der Waals surface area contributed by atoms with Crippen molar-refractivity contribution in [2.45, 2.75) is 110 Å². The number of nitrogens with one attached hydrogen (secondary N) is 1. The molecule has 1 heterocycles. The molecule has 0 aliphatic carbocycles. The Balaban J connectivity index is 0.000000272. The van der Waals surface area contributed by atoms with Crippen molar-refractivity contribution < 1.29 is 29.0 Å². The zero-order valence-corrected chi connectivity index (χ0v) is 39.4. The maximum atomic E-state index is 11.2. The number of hydrogen-bond acceptors (Lipinski definition) is 7. The first kappa shape index (κ1) is 51.1. The molecule has 0 radical (unpaired) electrons. The number of carbonyl (C=O) groups excluding carboxylic acids is 2. The standard InChI is InChI=1S/C15H23ClOSi.C13H18ClNO2.C9H9ClO2.C9H9ClO/c1-7-14(12-9-8-10-13(16)11-12)17-18(5,6)15(2,3)4;1-9-13(16,17-8-12(2,3)15-9)10-5-4-6-11(14)7-10;1-6(11)9(12)7-3-2-4-8(10)5-7;1-2-9(11)7-4-3-5-8(10)6-7/h7-11H,1-6H3;4-7,9,15-16H,8H2,1-3H3;2-6,11H,1H3;3-6H,2H2,1H3/b14-7-;;;/t;9-,13+;6-;/m.01./s1. The van der Waals surface area contributed by atoms with E-state index in [0.29, 0.717) is 44.8 Å². The summed E-state index contributed by atoms with van der Waals surface area (Å²) in [5.74, 6) is -0.561. The molecule has 0 aromatic heterocycles. The third kappa shape index (κ3) is 15.9. The Kier molecular flexibility index (Phi) is 19.9. The maximum Gasteiger partial charge on any atom is 0.250 e. The Morgan fingerprint density at radius 1 is 0.862 bits per heavy atom. The van der Waals surface area contributed by atoms with Crippen LogP contribution < -0.4 is 5.32 Å². The number of halogens is 4. The highest BCUT2D eigenvalue weighted by Crippen LogP contribution is 2.40. The summed E-state index contributed by atoms with van der Waals surface area (Å²) in [5, 5.41) is 25.6. The van der Waals surface area contributed by atoms with Crippen LogP contribution in [-0.4, -0.2) is 54.4 Å². The van der Waals surface area contributed by atoms with Gasteiger partial charge in [-0.15, -0.1) is 0 Å². The van der Waals surface area contributed by atoms with Crippen molar-refractivity contribution in [3.63, 3.8) is 0 Å². The minimum absolute atomic E-state index is 0.132. The fourth-order valence-electron chi connectivity index (χ4n) is 5.29. The van der Waals surface area contributed by atoms with Gasteiger partial charge < -0.3 is 24.7 Å². The molecule has 58 heavy (non-hydrogen) atoms. The summed E-state index contributed by atoms with van der Waals surface area (Å²) in [4.78, 5) is 22.3. The van der Waals surface area contributed by atoms with Crippen LogP contribution in [0.2, 0.25) is 38.2 Å². The topological polar surface area (TPSA) is 105 Å². The molecule has 5 rings (SSSR count). The van der Waals surface area contributed by atoms with Crippen molar-refractivity contribution in [1.82, 2.24) is 5.32 Å². The highest BCUT2D eigenvalue weighted by molar-refractivity contribution is 6.74. The predicted octanol–water partition coefficient (Wildman–Crippen LogP) is 12.8. The Bertz CT molecular complexity index is 1990. The van der Waals surface area contributed by atoms with Gasteiger partial charge >= 0.3 is 0 Å². The zero-order chi connectivity index (χ0) is 44.1. The van der Waals surface area contributed by atoms with Crippen LogP contribution in [-0.2, 0) is 14.9 Å². The largest absolute Gasteiger partial charge is 0.543 e. The maximum absolute atomic E-state index is 11.2. The number of allylic oxidation sites excluding steroid dienone is 1. The van der Waals surface area contributed by atoms with Crippen LogP contribution in [0.3, 0.4) is 0 Å². The number of rotatable bonds is 8. The molecule has 0 bridgehead atoms. The van der Waals surface area contributed by atoms with Gasteiger partial charge in [0.05, 0.1) is 12.6 Å². The number of benzene rings is 4. The minimum Gasteiger partial charge on any atom is -0.543 e. The number of ether oxygens (including phenoxy) is 1. The summed E-state index contributed by atoms with van der Waals surface area (Å²) in [5.41, 5.74) is 2.73. The molecular formula is C46H59Cl4NO6Si. The molecule has 1 aliphatic heterocycles. The Morgan fingerprint density at radius 2 is 1.31 bits per heavy atom. The van der Waals surface area contributed by atoms with Crippen LogP contribution in [0.15, 0.2) is 103 Å². The van der Waals surface area contributed by atoms with Crippen LogP contribution in [0, 0.1) is 0 Å². The van der Waals surface area contributed by atoms with Crippen molar-refractivity contribution in [1.29, 1.82) is 0 Å². The smallest absolute Gasteiger partial charge is 0.250 e. The summed E-state index contributed by atoms with van der Waals surface area (Å²) < 4.78 is 12.0. The molecule has 1 aliphatic rings. The average molecular weight is 892 g/mol. The quantitative estimate of drug-likeness (QED) is 0.0919. The third-order valence-corrected chi connectivity index (χ3v) is 14.9. The van der Waals surface area contributed by atoms with E-state index in [1.54, 1.807) is 54.6 Å². The van der Waals surface area contributed by atoms with Gasteiger partial charge in [-0.1, -0.05) is 123 Å². The molecule has 12 heteroatoms. The van der Waals surface area contributed by atoms with E-state index in [1.807, 2.05) is 77.1 Å². The van der Waals surface area contributed by atoms with E-state index in [-0.39, 0.29) is 28.2 Å². The number of Topliss-reactive ketones (excluding diaryl/α,β-unsaturated/α-hetero) is 2. The normalized spacial score (nSPS) is 18.2. The number of aliphatic hydroxyl groups is 2. The summed E-state index contributed by atoms with van der Waals surface area (Å²) >= 11 is 23.3. The first-order valence-electron chi connectivity index (χ1n) is 19.1. The number of hydrogen-bond donors (Lipinski definition) is 3. The number of aliphatic hydroxyl groups excluding tert-OH is 1. The van der Waals surface area contributed by atoms with Gasteiger partial charge in [0, 0.05) is 54.3 Å². The van der Waals surface area contributed by atoms with Gasteiger partial charge in [-0.25, -0.2) is 0 Å². The molecule has 0 spiro atoms. The average Bonchev–Trinajstić information content (AvgIpc) is 3.15. The molecule has 1 saturated heterocycles. The van der Waals surface area contributed by atoms with Crippen LogP contribution >= 0.6 is 46.4 Å². The van der Waals surface area contributed by atoms with Crippen molar-refractivity contribution in [2.24, 2.45) is 0 Å². The van der Waals surface area contributed by atoms with E-state index in [2.05, 4.69) is 39.2 Å². The molecule has 3 N–H and O–H groups in total.